The van der Waals surface area contributed by atoms with Crippen molar-refractivity contribution in [2.24, 2.45) is 5.92 Å². The van der Waals surface area contributed by atoms with Crippen LogP contribution in [0, 0.1) is 5.92 Å². The lowest BCUT2D eigenvalue weighted by Crippen LogP contribution is -2.50. The summed E-state index contributed by atoms with van der Waals surface area (Å²) in [5.41, 5.74) is 11.1. The van der Waals surface area contributed by atoms with Gasteiger partial charge in [0.15, 0.2) is 0 Å². The molecule has 0 fully saturated rings. The van der Waals surface area contributed by atoms with Gasteiger partial charge in [-0.2, -0.15) is 0 Å². The van der Waals surface area contributed by atoms with Crippen molar-refractivity contribution in [1.82, 2.24) is 0 Å². The number of hydrogen-bond acceptors (Lipinski definition) is 0. The van der Waals surface area contributed by atoms with Gasteiger partial charge >= 0.3 is 0 Å². The average Bonchev–Trinajstić information content (AvgIpc) is 2.98. The minimum absolute atomic E-state index is 0.0105. The van der Waals surface area contributed by atoms with Crippen LogP contribution in [0.15, 0.2) is 114 Å². The van der Waals surface area contributed by atoms with E-state index >= 15 is 0 Å². The number of rotatable bonds is 3. The molecule has 0 nitrogen and oxygen atoms in total. The molecular formula is C36H36. The summed E-state index contributed by atoms with van der Waals surface area (Å²) in [4.78, 5) is 0. The molecule has 180 valence electrons. The van der Waals surface area contributed by atoms with Crippen LogP contribution < -0.4 is 0 Å². The van der Waals surface area contributed by atoms with Crippen LogP contribution in [0.25, 0.3) is 5.57 Å². The molecule has 7 rings (SSSR count). The van der Waals surface area contributed by atoms with E-state index in [1.165, 1.54) is 68.9 Å². The number of hydrogen-bond donors (Lipinski definition) is 0. The van der Waals surface area contributed by atoms with Crippen molar-refractivity contribution < 1.29 is 0 Å². The van der Waals surface area contributed by atoms with E-state index in [1.54, 1.807) is 27.8 Å². The molecule has 0 unspecified atom stereocenters. The molecule has 0 amide bonds. The van der Waals surface area contributed by atoms with Crippen LogP contribution in [0.1, 0.15) is 80.0 Å². The summed E-state index contributed by atoms with van der Waals surface area (Å²) >= 11 is 0. The molecule has 0 bridgehead atoms. The Labute approximate surface area is 216 Å². The molecule has 4 aliphatic carbocycles. The van der Waals surface area contributed by atoms with Crippen molar-refractivity contribution >= 4 is 5.57 Å². The lowest BCUT2D eigenvalue weighted by atomic mass is 9.46. The first-order valence-electron chi connectivity index (χ1n) is 14.2. The molecule has 4 aliphatic rings. The summed E-state index contributed by atoms with van der Waals surface area (Å²) in [6, 6.07) is 32.2. The second kappa shape index (κ2) is 8.77. The maximum Gasteiger partial charge on any atom is 0.0454 e. The second-order valence-electron chi connectivity index (χ2n) is 11.4. The van der Waals surface area contributed by atoms with Gasteiger partial charge in [0, 0.05) is 10.8 Å². The van der Waals surface area contributed by atoms with E-state index in [0.717, 1.165) is 0 Å². The fraction of sp³-hybridized carbons (Fsp3) is 0.333. The van der Waals surface area contributed by atoms with Gasteiger partial charge in [-0.15, -0.1) is 0 Å². The number of fused-ring (bicyclic) bond motifs is 6. The molecule has 3 atom stereocenters. The third-order valence-corrected chi connectivity index (χ3v) is 9.73. The SMILES string of the molecule is C1=C(c2ccccc2)CCC[C@H]1[C@]12CCCC=C1C1=CCCC[C@]1(c1ccccc1)c1ccccc12. The van der Waals surface area contributed by atoms with E-state index in [0.29, 0.717) is 5.92 Å². The van der Waals surface area contributed by atoms with Crippen molar-refractivity contribution in [2.75, 3.05) is 0 Å². The predicted molar refractivity (Wildman–Crippen MR) is 151 cm³/mol. The molecule has 0 saturated carbocycles. The van der Waals surface area contributed by atoms with Gasteiger partial charge in [-0.3, -0.25) is 0 Å². The van der Waals surface area contributed by atoms with E-state index in [-0.39, 0.29) is 10.8 Å². The number of allylic oxidation sites excluding steroid dienone is 6. The van der Waals surface area contributed by atoms with Crippen molar-refractivity contribution in [2.45, 2.75) is 68.6 Å². The standard InChI is InChI=1S/C36H36/c1-3-14-27(15-4-1)28-16-13-19-30(26-28)36-25-12-10-23-34(36)32-22-9-11-24-35(32,29-17-5-2-6-18-29)31-20-7-8-21-33(31)36/h1-8,14-15,17-18,20-23,26,30H,9-13,16,19,24-25H2/t30-,35+,36+/m1/s1. The minimum atomic E-state index is -0.0105. The van der Waals surface area contributed by atoms with E-state index in [2.05, 4.69) is 103 Å². The zero-order chi connectivity index (χ0) is 24.0. The topological polar surface area (TPSA) is 0 Å². The van der Waals surface area contributed by atoms with Crippen LogP contribution in [0.2, 0.25) is 0 Å². The zero-order valence-corrected chi connectivity index (χ0v) is 21.3. The summed E-state index contributed by atoms with van der Waals surface area (Å²) in [6.45, 7) is 0. The van der Waals surface area contributed by atoms with Gasteiger partial charge in [0.2, 0.25) is 0 Å². The van der Waals surface area contributed by atoms with Crippen molar-refractivity contribution in [3.8, 4) is 0 Å². The Morgan fingerprint density at radius 3 is 2.08 bits per heavy atom. The Bertz CT molecular complexity index is 1360. The molecule has 0 aliphatic heterocycles. The van der Waals surface area contributed by atoms with E-state index in [1.807, 2.05) is 0 Å². The molecule has 3 aromatic rings. The molecule has 0 saturated heterocycles. The molecule has 0 heteroatoms. The maximum atomic E-state index is 2.70. The van der Waals surface area contributed by atoms with Crippen molar-refractivity contribution in [1.29, 1.82) is 0 Å². The fourth-order valence-corrected chi connectivity index (χ4v) is 8.33. The van der Waals surface area contributed by atoms with Crippen LogP contribution in [-0.4, -0.2) is 0 Å². The normalized spacial score (nSPS) is 29.1. The first kappa shape index (κ1) is 22.1. The summed E-state index contributed by atoms with van der Waals surface area (Å²) in [5, 5.41) is 0. The van der Waals surface area contributed by atoms with Gasteiger partial charge in [-0.05, 0) is 103 Å². The molecular weight excluding hydrogens is 432 g/mol. The lowest BCUT2D eigenvalue weighted by Gasteiger charge is -2.57. The highest BCUT2D eigenvalue weighted by Crippen LogP contribution is 2.64. The Balaban J connectivity index is 1.49. The highest BCUT2D eigenvalue weighted by Gasteiger charge is 2.56. The van der Waals surface area contributed by atoms with Crippen LogP contribution in [0.3, 0.4) is 0 Å². The Hall–Kier alpha value is -3.12. The molecule has 36 heavy (non-hydrogen) atoms. The van der Waals surface area contributed by atoms with Crippen molar-refractivity contribution in [3.05, 3.63) is 137 Å². The van der Waals surface area contributed by atoms with Gasteiger partial charge < -0.3 is 0 Å². The fourth-order valence-electron chi connectivity index (χ4n) is 8.33. The largest absolute Gasteiger partial charge is 0.0801 e. The first-order chi connectivity index (χ1) is 17.8. The predicted octanol–water partition coefficient (Wildman–Crippen LogP) is 9.33. The third-order valence-electron chi connectivity index (χ3n) is 9.73. The van der Waals surface area contributed by atoms with Crippen LogP contribution in [-0.2, 0) is 10.8 Å². The first-order valence-corrected chi connectivity index (χ1v) is 14.2. The van der Waals surface area contributed by atoms with Crippen LogP contribution in [0.5, 0.6) is 0 Å². The van der Waals surface area contributed by atoms with Crippen LogP contribution in [0.4, 0.5) is 0 Å². The molecule has 3 aromatic carbocycles. The third kappa shape index (κ3) is 3.13. The average molecular weight is 469 g/mol. The van der Waals surface area contributed by atoms with Gasteiger partial charge in [-0.1, -0.05) is 103 Å². The molecule has 0 spiro atoms. The number of benzene rings is 3. The second-order valence-corrected chi connectivity index (χ2v) is 11.4. The van der Waals surface area contributed by atoms with E-state index < -0.39 is 0 Å². The molecule has 0 aromatic heterocycles. The maximum absolute atomic E-state index is 2.70. The Morgan fingerprint density at radius 2 is 1.28 bits per heavy atom. The van der Waals surface area contributed by atoms with Crippen molar-refractivity contribution in [3.63, 3.8) is 0 Å². The van der Waals surface area contributed by atoms with E-state index in [9.17, 15) is 0 Å². The Morgan fingerprint density at radius 1 is 0.611 bits per heavy atom. The van der Waals surface area contributed by atoms with Gasteiger partial charge in [-0.25, -0.2) is 0 Å². The summed E-state index contributed by atoms with van der Waals surface area (Å²) in [7, 11) is 0. The Kier molecular flexibility index (Phi) is 5.38. The monoisotopic (exact) mass is 468 g/mol. The molecule has 0 heterocycles. The smallest absolute Gasteiger partial charge is 0.0454 e. The minimum Gasteiger partial charge on any atom is -0.0801 e. The molecule has 0 radical (unpaired) electrons. The van der Waals surface area contributed by atoms with Crippen LogP contribution >= 0.6 is 0 Å². The van der Waals surface area contributed by atoms with Gasteiger partial charge in [0.05, 0.1) is 0 Å². The molecule has 0 N–H and O–H groups in total. The quantitative estimate of drug-likeness (QED) is 0.359. The summed E-state index contributed by atoms with van der Waals surface area (Å²) < 4.78 is 0. The van der Waals surface area contributed by atoms with Gasteiger partial charge in [0.1, 0.15) is 0 Å². The highest BCUT2D eigenvalue weighted by molar-refractivity contribution is 5.72. The summed E-state index contributed by atoms with van der Waals surface area (Å²) in [5.74, 6) is 0.547. The summed E-state index contributed by atoms with van der Waals surface area (Å²) in [6.07, 6.45) is 19.2. The van der Waals surface area contributed by atoms with Gasteiger partial charge in [0.25, 0.3) is 0 Å². The zero-order valence-electron chi connectivity index (χ0n) is 21.3. The lowest BCUT2D eigenvalue weighted by molar-refractivity contribution is 0.279. The van der Waals surface area contributed by atoms with E-state index in [4.69, 9.17) is 0 Å². The highest BCUT2D eigenvalue weighted by atomic mass is 14.6.